The summed E-state index contributed by atoms with van der Waals surface area (Å²) in [6.45, 7) is 2.71. The summed E-state index contributed by atoms with van der Waals surface area (Å²) in [4.78, 5) is 27.3. The van der Waals surface area contributed by atoms with Gasteiger partial charge in [-0.25, -0.2) is 4.79 Å². The van der Waals surface area contributed by atoms with Gasteiger partial charge in [-0.15, -0.1) is 12.4 Å². The van der Waals surface area contributed by atoms with Crippen LogP contribution in [-0.4, -0.2) is 49.2 Å². The molecular weight excluding hydrogens is 392 g/mol. The van der Waals surface area contributed by atoms with E-state index in [9.17, 15) is 9.59 Å². The van der Waals surface area contributed by atoms with Crippen molar-refractivity contribution in [3.05, 3.63) is 70.6 Å². The number of likely N-dealkylation sites (tertiary alicyclic amines) is 1. The Labute approximate surface area is 173 Å². The number of nitrogens with zero attached hydrogens (tertiary/aromatic N) is 1. The SMILES string of the molecule is Cl.O=C(c1cccc(-c2cc3ccccc3oc2=O)c1)N1C[C@@H]2NCCO[C@@H]2C1. The monoisotopic (exact) mass is 412 g/mol. The van der Waals surface area contributed by atoms with Crippen LogP contribution in [0, 0.1) is 0 Å². The number of morpholine rings is 1. The molecule has 0 spiro atoms. The summed E-state index contributed by atoms with van der Waals surface area (Å²) in [5, 5.41) is 4.25. The Balaban J connectivity index is 0.00000205. The summed E-state index contributed by atoms with van der Waals surface area (Å²) in [6, 6.07) is 16.6. The van der Waals surface area contributed by atoms with Crippen molar-refractivity contribution < 1.29 is 13.9 Å². The van der Waals surface area contributed by atoms with Crippen LogP contribution in [0.1, 0.15) is 10.4 Å². The molecule has 1 amide bonds. The Morgan fingerprint density at radius 3 is 2.79 bits per heavy atom. The van der Waals surface area contributed by atoms with Crippen LogP contribution in [0.15, 0.2) is 63.8 Å². The van der Waals surface area contributed by atoms with Gasteiger partial charge >= 0.3 is 5.63 Å². The highest BCUT2D eigenvalue weighted by Gasteiger charge is 2.37. The van der Waals surface area contributed by atoms with E-state index in [1.807, 2.05) is 35.2 Å². The Hall–Kier alpha value is -2.67. The van der Waals surface area contributed by atoms with Crippen LogP contribution in [-0.2, 0) is 4.74 Å². The van der Waals surface area contributed by atoms with Gasteiger partial charge < -0.3 is 19.4 Å². The maximum atomic E-state index is 13.0. The third kappa shape index (κ3) is 3.67. The molecule has 5 rings (SSSR count). The molecular formula is C22H21ClN2O4. The van der Waals surface area contributed by atoms with Crippen molar-refractivity contribution in [3.63, 3.8) is 0 Å². The molecule has 2 atom stereocenters. The number of nitrogens with one attached hydrogen (secondary N) is 1. The number of hydrogen-bond acceptors (Lipinski definition) is 5. The molecule has 7 heteroatoms. The lowest BCUT2D eigenvalue weighted by atomic mass is 10.0. The first-order valence-electron chi connectivity index (χ1n) is 9.47. The molecule has 1 N–H and O–H groups in total. The minimum absolute atomic E-state index is 0. The maximum absolute atomic E-state index is 13.0. The van der Waals surface area contributed by atoms with Gasteiger partial charge in [0.15, 0.2) is 0 Å². The van der Waals surface area contributed by atoms with Crippen molar-refractivity contribution in [3.8, 4) is 11.1 Å². The fraction of sp³-hybridized carbons (Fsp3) is 0.273. The van der Waals surface area contributed by atoms with Gasteiger partial charge in [0.1, 0.15) is 5.58 Å². The summed E-state index contributed by atoms with van der Waals surface area (Å²) in [5.41, 5.74) is 1.83. The van der Waals surface area contributed by atoms with E-state index in [2.05, 4.69) is 5.32 Å². The largest absolute Gasteiger partial charge is 0.422 e. The number of rotatable bonds is 2. The van der Waals surface area contributed by atoms with E-state index in [1.165, 1.54) is 0 Å². The summed E-state index contributed by atoms with van der Waals surface area (Å²) >= 11 is 0. The standard InChI is InChI=1S/C22H20N2O4.ClH/c25-21(24-12-18-20(13-24)27-9-8-23-18)16-6-3-5-14(10-16)17-11-15-4-1-2-7-19(15)28-22(17)26;/h1-7,10-11,18,20,23H,8-9,12-13H2;1H/t18-,20+;/m0./s1. The summed E-state index contributed by atoms with van der Waals surface area (Å²) in [6.07, 6.45) is 0.0495. The summed E-state index contributed by atoms with van der Waals surface area (Å²) in [7, 11) is 0. The van der Waals surface area contributed by atoms with Gasteiger partial charge in [0, 0.05) is 30.6 Å². The lowest BCUT2D eigenvalue weighted by Gasteiger charge is -2.25. The van der Waals surface area contributed by atoms with Crippen LogP contribution in [0.2, 0.25) is 0 Å². The van der Waals surface area contributed by atoms with Gasteiger partial charge in [-0.2, -0.15) is 0 Å². The number of carbonyl (C=O) groups excluding carboxylic acids is 1. The molecule has 2 aromatic carbocycles. The van der Waals surface area contributed by atoms with Crippen LogP contribution in [0.25, 0.3) is 22.1 Å². The van der Waals surface area contributed by atoms with Gasteiger partial charge in [0.25, 0.3) is 5.91 Å². The lowest BCUT2D eigenvalue weighted by molar-refractivity contribution is 0.0176. The van der Waals surface area contributed by atoms with Crippen LogP contribution >= 0.6 is 12.4 Å². The fourth-order valence-electron chi connectivity index (χ4n) is 4.02. The topological polar surface area (TPSA) is 71.8 Å². The van der Waals surface area contributed by atoms with Crippen LogP contribution in [0.5, 0.6) is 0 Å². The zero-order chi connectivity index (χ0) is 19.1. The van der Waals surface area contributed by atoms with E-state index < -0.39 is 5.63 Å². The van der Waals surface area contributed by atoms with Gasteiger partial charge in [0.05, 0.1) is 24.3 Å². The molecule has 150 valence electrons. The van der Waals surface area contributed by atoms with E-state index >= 15 is 0 Å². The molecule has 0 radical (unpaired) electrons. The van der Waals surface area contributed by atoms with Crippen molar-refractivity contribution in [1.29, 1.82) is 0 Å². The molecule has 2 saturated heterocycles. The van der Waals surface area contributed by atoms with Crippen molar-refractivity contribution >= 4 is 29.3 Å². The molecule has 2 aliphatic rings. The molecule has 2 fully saturated rings. The van der Waals surface area contributed by atoms with Crippen LogP contribution in [0.4, 0.5) is 0 Å². The number of amides is 1. The second kappa shape index (κ2) is 7.99. The Morgan fingerprint density at radius 2 is 1.93 bits per heavy atom. The van der Waals surface area contributed by atoms with E-state index in [0.29, 0.717) is 42.0 Å². The lowest BCUT2D eigenvalue weighted by Crippen LogP contribution is -2.47. The second-order valence-electron chi connectivity index (χ2n) is 7.25. The molecule has 0 aliphatic carbocycles. The van der Waals surface area contributed by atoms with Crippen LogP contribution in [0.3, 0.4) is 0 Å². The van der Waals surface area contributed by atoms with Gasteiger partial charge in [0.2, 0.25) is 0 Å². The quantitative estimate of drug-likeness (QED) is 0.655. The molecule has 29 heavy (non-hydrogen) atoms. The van der Waals surface area contributed by atoms with Gasteiger partial charge in [-0.3, -0.25) is 4.79 Å². The highest BCUT2D eigenvalue weighted by Crippen LogP contribution is 2.24. The highest BCUT2D eigenvalue weighted by atomic mass is 35.5. The zero-order valence-electron chi connectivity index (χ0n) is 15.7. The molecule has 6 nitrogen and oxygen atoms in total. The minimum Gasteiger partial charge on any atom is -0.422 e. The number of benzene rings is 2. The summed E-state index contributed by atoms with van der Waals surface area (Å²) in [5.74, 6) is -0.0492. The Bertz CT molecular complexity index is 1100. The number of fused-ring (bicyclic) bond motifs is 2. The average molecular weight is 413 g/mol. The van der Waals surface area contributed by atoms with E-state index in [1.54, 1.807) is 24.3 Å². The van der Waals surface area contributed by atoms with Crippen molar-refractivity contribution in [2.24, 2.45) is 0 Å². The van der Waals surface area contributed by atoms with Gasteiger partial charge in [-0.1, -0.05) is 30.3 Å². The first-order chi connectivity index (χ1) is 13.7. The first kappa shape index (κ1) is 19.6. The molecule has 3 aromatic rings. The minimum atomic E-state index is -0.409. The Kier molecular flexibility index (Phi) is 5.41. The molecule has 1 aromatic heterocycles. The second-order valence-corrected chi connectivity index (χ2v) is 7.25. The number of halogens is 1. The predicted molar refractivity (Wildman–Crippen MR) is 113 cm³/mol. The normalized spacial score (nSPS) is 20.9. The third-order valence-corrected chi connectivity index (χ3v) is 5.46. The number of carbonyl (C=O) groups is 1. The Morgan fingerprint density at radius 1 is 1.07 bits per heavy atom. The van der Waals surface area contributed by atoms with E-state index in [4.69, 9.17) is 9.15 Å². The summed E-state index contributed by atoms with van der Waals surface area (Å²) < 4.78 is 11.2. The zero-order valence-corrected chi connectivity index (χ0v) is 16.5. The molecule has 0 saturated carbocycles. The third-order valence-electron chi connectivity index (χ3n) is 5.46. The highest BCUT2D eigenvalue weighted by molar-refractivity contribution is 5.96. The smallest absolute Gasteiger partial charge is 0.344 e. The van der Waals surface area contributed by atoms with Gasteiger partial charge in [-0.05, 0) is 29.8 Å². The maximum Gasteiger partial charge on any atom is 0.344 e. The van der Waals surface area contributed by atoms with Crippen molar-refractivity contribution in [1.82, 2.24) is 10.2 Å². The molecule has 0 bridgehead atoms. The van der Waals surface area contributed by atoms with E-state index in [-0.39, 0.29) is 30.5 Å². The predicted octanol–water partition coefficient (Wildman–Crippen LogP) is 2.69. The first-order valence-corrected chi connectivity index (χ1v) is 9.47. The number of para-hydroxylation sites is 1. The van der Waals surface area contributed by atoms with Crippen molar-refractivity contribution in [2.45, 2.75) is 12.1 Å². The number of hydrogen-bond donors (Lipinski definition) is 1. The number of ether oxygens (including phenoxy) is 1. The van der Waals surface area contributed by atoms with E-state index in [0.717, 1.165) is 11.9 Å². The molecule has 3 heterocycles. The molecule has 0 unspecified atom stereocenters. The fourth-order valence-corrected chi connectivity index (χ4v) is 4.02. The van der Waals surface area contributed by atoms with Crippen LogP contribution < -0.4 is 10.9 Å². The molecule has 2 aliphatic heterocycles. The van der Waals surface area contributed by atoms with Crippen molar-refractivity contribution in [2.75, 3.05) is 26.2 Å². The average Bonchev–Trinajstić information content (AvgIpc) is 3.17.